The van der Waals surface area contributed by atoms with Gasteiger partial charge in [0.25, 0.3) is 0 Å². The van der Waals surface area contributed by atoms with Gasteiger partial charge in [0.05, 0.1) is 5.56 Å². The van der Waals surface area contributed by atoms with Crippen LogP contribution in [0, 0.1) is 0 Å². The van der Waals surface area contributed by atoms with Crippen molar-refractivity contribution in [1.29, 1.82) is 0 Å². The van der Waals surface area contributed by atoms with Gasteiger partial charge in [-0.3, -0.25) is 0 Å². The zero-order chi connectivity index (χ0) is 10.4. The van der Waals surface area contributed by atoms with Crippen LogP contribution in [-0.4, -0.2) is 15.6 Å². The average molecular weight is 201 g/mol. The lowest BCUT2D eigenvalue weighted by Gasteiger charge is -2.00. The maximum atomic E-state index is 11.1. The Balaban J connectivity index is 2.32. The molecule has 1 heterocycles. The first kappa shape index (κ1) is 8.53. The Labute approximate surface area is 86.9 Å². The Hall–Kier alpha value is -1.77. The molecule has 3 nitrogen and oxygen atoms in total. The number of hydrogen-bond acceptors (Lipinski definition) is 1. The summed E-state index contributed by atoms with van der Waals surface area (Å²) >= 11 is 0. The van der Waals surface area contributed by atoms with Crippen molar-refractivity contribution >= 4 is 16.9 Å². The summed E-state index contributed by atoms with van der Waals surface area (Å²) in [4.78, 5) is 11.1. The number of aromatic nitrogens is 1. The van der Waals surface area contributed by atoms with Crippen LogP contribution < -0.4 is 0 Å². The molecule has 1 fully saturated rings. The first-order chi connectivity index (χ1) is 7.27. The van der Waals surface area contributed by atoms with E-state index in [1.54, 1.807) is 6.20 Å². The third-order valence-corrected chi connectivity index (χ3v) is 2.91. The topological polar surface area (TPSA) is 42.2 Å². The zero-order valence-electron chi connectivity index (χ0n) is 8.18. The SMILES string of the molecule is O=C(O)c1cn(C2CC2)c2ccccc12. The third-order valence-electron chi connectivity index (χ3n) is 2.91. The van der Waals surface area contributed by atoms with Crippen LogP contribution in [0.1, 0.15) is 29.2 Å². The van der Waals surface area contributed by atoms with Crippen molar-refractivity contribution < 1.29 is 9.90 Å². The molecule has 0 amide bonds. The summed E-state index contributed by atoms with van der Waals surface area (Å²) in [5.41, 5.74) is 1.45. The first-order valence-electron chi connectivity index (χ1n) is 5.10. The summed E-state index contributed by atoms with van der Waals surface area (Å²) in [6, 6.07) is 8.21. The second-order valence-electron chi connectivity index (χ2n) is 4.00. The lowest BCUT2D eigenvalue weighted by atomic mass is 10.2. The number of fused-ring (bicyclic) bond motifs is 1. The number of aromatic carboxylic acids is 1. The monoisotopic (exact) mass is 201 g/mol. The van der Waals surface area contributed by atoms with Crippen molar-refractivity contribution in [3.8, 4) is 0 Å². The molecule has 0 bridgehead atoms. The predicted molar refractivity (Wildman–Crippen MR) is 57.2 cm³/mol. The van der Waals surface area contributed by atoms with Crippen LogP contribution in [0.3, 0.4) is 0 Å². The maximum absolute atomic E-state index is 11.1. The van der Waals surface area contributed by atoms with Crippen molar-refractivity contribution in [2.24, 2.45) is 0 Å². The number of hydrogen-bond donors (Lipinski definition) is 1. The minimum atomic E-state index is -0.842. The van der Waals surface area contributed by atoms with Gasteiger partial charge >= 0.3 is 5.97 Å². The maximum Gasteiger partial charge on any atom is 0.337 e. The molecule has 0 aliphatic heterocycles. The molecule has 76 valence electrons. The van der Waals surface area contributed by atoms with E-state index in [-0.39, 0.29) is 0 Å². The second kappa shape index (κ2) is 2.86. The van der Waals surface area contributed by atoms with E-state index >= 15 is 0 Å². The summed E-state index contributed by atoms with van der Waals surface area (Å²) in [5, 5.41) is 9.93. The number of carboxylic acids is 1. The number of carboxylic acid groups (broad SMARTS) is 1. The van der Waals surface area contributed by atoms with Gasteiger partial charge in [-0.2, -0.15) is 0 Å². The van der Waals surface area contributed by atoms with E-state index in [2.05, 4.69) is 4.57 Å². The van der Waals surface area contributed by atoms with Crippen LogP contribution in [0.25, 0.3) is 10.9 Å². The number of carbonyl (C=O) groups is 1. The van der Waals surface area contributed by atoms with Crippen LogP contribution >= 0.6 is 0 Å². The minimum Gasteiger partial charge on any atom is -0.478 e. The summed E-state index contributed by atoms with van der Waals surface area (Å²) in [6.45, 7) is 0. The zero-order valence-corrected chi connectivity index (χ0v) is 8.18. The molecule has 2 aromatic rings. The van der Waals surface area contributed by atoms with E-state index in [9.17, 15) is 4.79 Å². The highest BCUT2D eigenvalue weighted by Crippen LogP contribution is 2.38. The Morgan fingerprint density at radius 2 is 2.07 bits per heavy atom. The molecule has 3 heteroatoms. The second-order valence-corrected chi connectivity index (χ2v) is 4.00. The average Bonchev–Trinajstić information content (AvgIpc) is 2.99. The minimum absolute atomic E-state index is 0.414. The van der Waals surface area contributed by atoms with E-state index in [0.29, 0.717) is 11.6 Å². The van der Waals surface area contributed by atoms with Gasteiger partial charge < -0.3 is 9.67 Å². The van der Waals surface area contributed by atoms with Crippen LogP contribution in [0.5, 0.6) is 0 Å². The molecule has 0 atom stereocenters. The number of rotatable bonds is 2. The molecule has 0 spiro atoms. The third kappa shape index (κ3) is 1.23. The molecule has 1 aromatic heterocycles. The molecule has 0 saturated heterocycles. The molecule has 1 aliphatic carbocycles. The highest BCUT2D eigenvalue weighted by molar-refractivity contribution is 6.03. The van der Waals surface area contributed by atoms with Crippen molar-refractivity contribution in [3.05, 3.63) is 36.0 Å². The van der Waals surface area contributed by atoms with Gasteiger partial charge in [-0.25, -0.2) is 4.79 Å². The van der Waals surface area contributed by atoms with Gasteiger partial charge in [0, 0.05) is 23.1 Å². The fourth-order valence-electron chi connectivity index (χ4n) is 2.03. The molecule has 15 heavy (non-hydrogen) atoms. The number of para-hydroxylation sites is 1. The molecule has 0 unspecified atom stereocenters. The fraction of sp³-hybridized carbons (Fsp3) is 0.250. The van der Waals surface area contributed by atoms with E-state index in [4.69, 9.17) is 5.11 Å². The molecule has 1 aliphatic rings. The van der Waals surface area contributed by atoms with E-state index in [0.717, 1.165) is 23.7 Å². The van der Waals surface area contributed by atoms with E-state index in [1.165, 1.54) is 0 Å². The van der Waals surface area contributed by atoms with E-state index < -0.39 is 5.97 Å². The van der Waals surface area contributed by atoms with Gasteiger partial charge in [0.1, 0.15) is 0 Å². The normalized spacial score (nSPS) is 15.7. The number of benzene rings is 1. The van der Waals surface area contributed by atoms with Gasteiger partial charge in [-0.05, 0) is 18.9 Å². The van der Waals surface area contributed by atoms with Crippen LogP contribution in [-0.2, 0) is 0 Å². The molecule has 3 rings (SSSR count). The summed E-state index contributed by atoms with van der Waals surface area (Å²) in [6.07, 6.45) is 4.10. The Bertz CT molecular complexity index is 538. The first-order valence-corrected chi connectivity index (χ1v) is 5.10. The highest BCUT2D eigenvalue weighted by Gasteiger charge is 2.26. The highest BCUT2D eigenvalue weighted by atomic mass is 16.4. The summed E-state index contributed by atoms with van der Waals surface area (Å²) in [7, 11) is 0. The fourth-order valence-corrected chi connectivity index (χ4v) is 2.03. The largest absolute Gasteiger partial charge is 0.478 e. The lowest BCUT2D eigenvalue weighted by Crippen LogP contribution is -1.94. The Morgan fingerprint density at radius 3 is 2.73 bits per heavy atom. The van der Waals surface area contributed by atoms with Gasteiger partial charge in [0.2, 0.25) is 0 Å². The van der Waals surface area contributed by atoms with Crippen molar-refractivity contribution in [3.63, 3.8) is 0 Å². The molecule has 1 saturated carbocycles. The quantitative estimate of drug-likeness (QED) is 0.811. The van der Waals surface area contributed by atoms with Crippen molar-refractivity contribution in [1.82, 2.24) is 4.57 Å². The van der Waals surface area contributed by atoms with Gasteiger partial charge in [-0.15, -0.1) is 0 Å². The smallest absolute Gasteiger partial charge is 0.337 e. The van der Waals surface area contributed by atoms with E-state index in [1.807, 2.05) is 24.3 Å². The van der Waals surface area contributed by atoms with Crippen LogP contribution in [0.2, 0.25) is 0 Å². The van der Waals surface area contributed by atoms with Crippen LogP contribution in [0.15, 0.2) is 30.5 Å². The lowest BCUT2D eigenvalue weighted by molar-refractivity contribution is 0.0699. The van der Waals surface area contributed by atoms with Crippen LogP contribution in [0.4, 0.5) is 0 Å². The van der Waals surface area contributed by atoms with Gasteiger partial charge in [0.15, 0.2) is 0 Å². The number of nitrogens with zero attached hydrogens (tertiary/aromatic N) is 1. The molecule has 0 radical (unpaired) electrons. The van der Waals surface area contributed by atoms with Crippen molar-refractivity contribution in [2.45, 2.75) is 18.9 Å². The Morgan fingerprint density at radius 1 is 1.33 bits per heavy atom. The molecule has 1 aromatic carbocycles. The molecular formula is C12H11NO2. The summed E-state index contributed by atoms with van der Waals surface area (Å²) in [5.74, 6) is -0.842. The standard InChI is InChI=1S/C12H11NO2/c14-12(15)10-7-13(8-5-6-8)11-4-2-1-3-9(10)11/h1-4,7-8H,5-6H2,(H,14,15). The molecular weight excluding hydrogens is 190 g/mol. The molecule has 1 N–H and O–H groups in total. The van der Waals surface area contributed by atoms with Crippen molar-refractivity contribution in [2.75, 3.05) is 0 Å². The summed E-state index contributed by atoms with van der Waals surface area (Å²) < 4.78 is 2.10. The predicted octanol–water partition coefficient (Wildman–Crippen LogP) is 2.67. The Kier molecular flexibility index (Phi) is 1.63. The van der Waals surface area contributed by atoms with Gasteiger partial charge in [-0.1, -0.05) is 18.2 Å².